The molecule has 0 aliphatic carbocycles. The summed E-state index contributed by atoms with van der Waals surface area (Å²) in [5.41, 5.74) is 0.304. The van der Waals surface area contributed by atoms with Gasteiger partial charge in [-0.3, -0.25) is 14.9 Å². The molecule has 1 aromatic heterocycles. The van der Waals surface area contributed by atoms with Gasteiger partial charge in [0.15, 0.2) is 0 Å². The van der Waals surface area contributed by atoms with Gasteiger partial charge in [-0.1, -0.05) is 25.1 Å². The summed E-state index contributed by atoms with van der Waals surface area (Å²) in [6.45, 7) is 6.13. The van der Waals surface area contributed by atoms with Crippen LogP contribution < -0.4 is 10.5 Å². The van der Waals surface area contributed by atoms with Gasteiger partial charge < -0.3 is 14.4 Å². The molecular weight excluding hydrogens is 296 g/mol. The zero-order valence-corrected chi connectivity index (χ0v) is 13.4. The Morgan fingerprint density at radius 1 is 1.17 bits per heavy atom. The number of fused-ring (bicyclic) bond motifs is 1. The van der Waals surface area contributed by atoms with Crippen LogP contribution in [-0.2, 0) is 7.05 Å². The van der Waals surface area contributed by atoms with Crippen LogP contribution in [0.2, 0.25) is 0 Å². The number of hydrogen-bond acceptors (Lipinski definition) is 5. The molecule has 0 radical (unpaired) electrons. The maximum absolute atomic E-state index is 12.5. The Labute approximate surface area is 133 Å². The van der Waals surface area contributed by atoms with E-state index >= 15 is 0 Å². The number of piperazine rings is 1. The van der Waals surface area contributed by atoms with Crippen LogP contribution in [-0.4, -0.2) is 47.1 Å². The number of nitro groups is 1. The fourth-order valence-electron chi connectivity index (χ4n) is 3.24. The van der Waals surface area contributed by atoms with Gasteiger partial charge in [0, 0.05) is 38.6 Å². The van der Waals surface area contributed by atoms with Gasteiger partial charge in [-0.15, -0.1) is 0 Å². The normalized spacial score (nSPS) is 16.0. The number of aryl methyl sites for hydroxylation is 1. The van der Waals surface area contributed by atoms with Crippen molar-refractivity contribution in [2.45, 2.75) is 6.92 Å². The number of aromatic nitrogens is 1. The number of likely N-dealkylation sites (N-methyl/N-ethyl adjacent to an activating group) is 1. The third-order valence-electron chi connectivity index (χ3n) is 4.57. The second kappa shape index (κ2) is 6.00. The molecule has 3 rings (SSSR count). The number of nitrogens with zero attached hydrogens (tertiary/aromatic N) is 4. The highest BCUT2D eigenvalue weighted by atomic mass is 16.6. The first kappa shape index (κ1) is 15.5. The molecule has 0 amide bonds. The minimum absolute atomic E-state index is 0.323. The highest BCUT2D eigenvalue weighted by Crippen LogP contribution is 2.33. The molecule has 1 aliphatic rings. The van der Waals surface area contributed by atoms with Crippen molar-refractivity contribution in [3.8, 4) is 0 Å². The zero-order chi connectivity index (χ0) is 16.6. The van der Waals surface area contributed by atoms with Crippen LogP contribution in [0.1, 0.15) is 6.92 Å². The standard InChI is InChI=1S/C16H20N4O3/c1-3-18-8-10-19(11-9-18)14-12-6-4-5-7-13(12)17(2)16(21)15(14)20(22)23/h4-7H,3,8-11H2,1-2H3. The summed E-state index contributed by atoms with van der Waals surface area (Å²) in [5.74, 6) is 0. The Balaban J connectivity index is 2.22. The van der Waals surface area contributed by atoms with Crippen molar-refractivity contribution in [1.29, 1.82) is 0 Å². The van der Waals surface area contributed by atoms with E-state index in [0.29, 0.717) is 18.8 Å². The molecule has 0 saturated carbocycles. The average molecular weight is 316 g/mol. The molecule has 0 bridgehead atoms. The van der Waals surface area contributed by atoms with Gasteiger partial charge in [0.25, 0.3) is 0 Å². The zero-order valence-electron chi connectivity index (χ0n) is 13.4. The van der Waals surface area contributed by atoms with Gasteiger partial charge in [0.2, 0.25) is 0 Å². The molecule has 1 fully saturated rings. The number of pyridine rings is 1. The van der Waals surface area contributed by atoms with Crippen molar-refractivity contribution in [3.63, 3.8) is 0 Å². The molecule has 0 N–H and O–H groups in total. The Bertz CT molecular complexity index is 807. The second-order valence-corrected chi connectivity index (χ2v) is 5.76. The number of rotatable bonds is 3. The van der Waals surface area contributed by atoms with E-state index in [-0.39, 0.29) is 5.69 Å². The minimum atomic E-state index is -0.554. The van der Waals surface area contributed by atoms with E-state index in [0.717, 1.165) is 30.5 Å². The third-order valence-corrected chi connectivity index (χ3v) is 4.57. The first-order valence-electron chi connectivity index (χ1n) is 7.78. The molecule has 23 heavy (non-hydrogen) atoms. The van der Waals surface area contributed by atoms with E-state index in [2.05, 4.69) is 11.8 Å². The summed E-state index contributed by atoms with van der Waals surface area (Å²) in [7, 11) is 1.58. The lowest BCUT2D eigenvalue weighted by atomic mass is 10.1. The Kier molecular flexibility index (Phi) is 4.04. The quantitative estimate of drug-likeness (QED) is 0.635. The molecule has 2 heterocycles. The average Bonchev–Trinajstić information content (AvgIpc) is 2.57. The second-order valence-electron chi connectivity index (χ2n) is 5.76. The molecule has 7 nitrogen and oxygen atoms in total. The number of hydrogen-bond donors (Lipinski definition) is 0. The van der Waals surface area contributed by atoms with Gasteiger partial charge in [-0.2, -0.15) is 0 Å². The summed E-state index contributed by atoms with van der Waals surface area (Å²) in [4.78, 5) is 27.8. The largest absolute Gasteiger partial charge is 0.363 e. The van der Waals surface area contributed by atoms with Gasteiger partial charge in [0.1, 0.15) is 5.69 Å². The van der Waals surface area contributed by atoms with Gasteiger partial charge >= 0.3 is 11.2 Å². The maximum atomic E-state index is 12.5. The molecular formula is C16H20N4O3. The number of anilines is 1. The third kappa shape index (κ3) is 2.57. The Morgan fingerprint density at radius 2 is 1.83 bits per heavy atom. The predicted octanol–water partition coefficient (Wildman–Crippen LogP) is 1.59. The molecule has 1 aliphatic heterocycles. The molecule has 0 atom stereocenters. The van der Waals surface area contributed by atoms with Crippen LogP contribution in [0.15, 0.2) is 29.1 Å². The van der Waals surface area contributed by atoms with Crippen molar-refractivity contribution in [3.05, 3.63) is 44.7 Å². The van der Waals surface area contributed by atoms with Crippen LogP contribution in [0.4, 0.5) is 11.4 Å². The highest BCUT2D eigenvalue weighted by molar-refractivity contribution is 5.96. The SMILES string of the molecule is CCN1CCN(c2c([N+](=O)[O-])c(=O)n(C)c3ccccc23)CC1. The monoisotopic (exact) mass is 316 g/mol. The van der Waals surface area contributed by atoms with Crippen molar-refractivity contribution in [1.82, 2.24) is 9.47 Å². The minimum Gasteiger partial charge on any atom is -0.363 e. The maximum Gasteiger partial charge on any atom is 0.357 e. The van der Waals surface area contributed by atoms with Gasteiger partial charge in [-0.25, -0.2) is 0 Å². The molecule has 0 spiro atoms. The van der Waals surface area contributed by atoms with Crippen molar-refractivity contribution in [2.24, 2.45) is 7.05 Å². The lowest BCUT2D eigenvalue weighted by Gasteiger charge is -2.35. The molecule has 122 valence electrons. The first-order chi connectivity index (χ1) is 11.0. The summed E-state index contributed by atoms with van der Waals surface area (Å²) in [6, 6.07) is 7.37. The van der Waals surface area contributed by atoms with Crippen LogP contribution >= 0.6 is 0 Å². The fourth-order valence-corrected chi connectivity index (χ4v) is 3.24. The molecule has 0 unspecified atom stereocenters. The number of para-hydroxylation sites is 1. The van der Waals surface area contributed by atoms with Crippen molar-refractivity contribution in [2.75, 3.05) is 37.6 Å². The lowest BCUT2D eigenvalue weighted by Crippen LogP contribution is -2.46. The van der Waals surface area contributed by atoms with Crippen LogP contribution in [0, 0.1) is 10.1 Å². The Morgan fingerprint density at radius 3 is 2.43 bits per heavy atom. The smallest absolute Gasteiger partial charge is 0.357 e. The van der Waals surface area contributed by atoms with Crippen molar-refractivity contribution < 1.29 is 4.92 Å². The number of benzene rings is 1. The van der Waals surface area contributed by atoms with E-state index in [1.54, 1.807) is 7.05 Å². The van der Waals surface area contributed by atoms with Crippen LogP contribution in [0.25, 0.3) is 10.9 Å². The Hall–Kier alpha value is -2.41. The van der Waals surface area contributed by atoms with E-state index in [9.17, 15) is 14.9 Å². The predicted molar refractivity (Wildman–Crippen MR) is 90.2 cm³/mol. The van der Waals surface area contributed by atoms with Gasteiger partial charge in [-0.05, 0) is 12.6 Å². The van der Waals surface area contributed by atoms with E-state index in [4.69, 9.17) is 0 Å². The highest BCUT2D eigenvalue weighted by Gasteiger charge is 2.30. The molecule has 2 aromatic rings. The fraction of sp³-hybridized carbons (Fsp3) is 0.438. The van der Waals surface area contributed by atoms with Crippen LogP contribution in [0.3, 0.4) is 0 Å². The summed E-state index contributed by atoms with van der Waals surface area (Å²) >= 11 is 0. The summed E-state index contributed by atoms with van der Waals surface area (Å²) < 4.78 is 1.36. The summed E-state index contributed by atoms with van der Waals surface area (Å²) in [5, 5.41) is 12.3. The lowest BCUT2D eigenvalue weighted by molar-refractivity contribution is -0.385. The van der Waals surface area contributed by atoms with E-state index in [1.165, 1.54) is 4.57 Å². The van der Waals surface area contributed by atoms with Gasteiger partial charge in [0.05, 0.1) is 10.4 Å². The first-order valence-corrected chi connectivity index (χ1v) is 7.78. The molecule has 7 heteroatoms. The van der Waals surface area contributed by atoms with Crippen molar-refractivity contribution >= 4 is 22.3 Å². The molecule has 1 aromatic carbocycles. The molecule has 1 saturated heterocycles. The van der Waals surface area contributed by atoms with Crippen LogP contribution in [0.5, 0.6) is 0 Å². The van der Waals surface area contributed by atoms with E-state index < -0.39 is 10.5 Å². The van der Waals surface area contributed by atoms with E-state index in [1.807, 2.05) is 29.2 Å². The summed E-state index contributed by atoms with van der Waals surface area (Å²) in [6.07, 6.45) is 0. The topological polar surface area (TPSA) is 71.6 Å².